The summed E-state index contributed by atoms with van der Waals surface area (Å²) in [5.74, 6) is 3.16. The second-order valence-electron chi connectivity index (χ2n) is 3.82. The quantitative estimate of drug-likeness (QED) is 0.427. The van der Waals surface area contributed by atoms with E-state index in [1.54, 1.807) is 0 Å². The molecule has 1 aromatic rings. The number of nitrogen functional groups attached to an aromatic ring is 1. The molecule has 0 saturated carbocycles. The molecule has 1 rings (SSSR count). The van der Waals surface area contributed by atoms with E-state index in [9.17, 15) is 8.78 Å². The Hall–Kier alpha value is -1.54. The van der Waals surface area contributed by atoms with E-state index >= 15 is 0 Å². The Bertz CT molecular complexity index is 389. The molecule has 6 nitrogen and oxygen atoms in total. The maximum atomic E-state index is 12.9. The number of alkyl halides is 2. The highest BCUT2D eigenvalue weighted by Gasteiger charge is 2.27. The first kappa shape index (κ1) is 14.5. The molecule has 0 bridgehead atoms. The summed E-state index contributed by atoms with van der Waals surface area (Å²) < 4.78 is 25.7. The fourth-order valence-corrected chi connectivity index (χ4v) is 1.27. The fraction of sp³-hybridized carbons (Fsp3) is 0.600. The number of aryl methyl sites for hydroxylation is 1. The van der Waals surface area contributed by atoms with Crippen molar-refractivity contribution in [3.8, 4) is 0 Å². The van der Waals surface area contributed by atoms with Crippen molar-refractivity contribution in [2.75, 3.05) is 23.9 Å². The Morgan fingerprint density at radius 2 is 2.06 bits per heavy atom. The molecule has 0 spiro atoms. The summed E-state index contributed by atoms with van der Waals surface area (Å²) in [5.41, 5.74) is 2.35. The maximum absolute atomic E-state index is 12.9. The summed E-state index contributed by atoms with van der Waals surface area (Å²) in [5, 5.41) is 10.9. The predicted molar refractivity (Wildman–Crippen MR) is 64.4 cm³/mol. The highest BCUT2D eigenvalue weighted by atomic mass is 19.3. The molecule has 8 heteroatoms. The molecule has 0 aromatic carbocycles. The van der Waals surface area contributed by atoms with Crippen LogP contribution in [0.25, 0.3) is 0 Å². The molecule has 1 aromatic heterocycles. The van der Waals surface area contributed by atoms with E-state index in [0.717, 1.165) is 6.42 Å². The van der Waals surface area contributed by atoms with Gasteiger partial charge in [0.15, 0.2) is 0 Å². The highest BCUT2D eigenvalue weighted by Crippen LogP contribution is 2.16. The molecule has 0 fully saturated rings. The number of nitrogens with two attached hydrogens (primary N) is 1. The number of halogens is 2. The third-order valence-electron chi connectivity index (χ3n) is 2.15. The second kappa shape index (κ2) is 6.41. The normalized spacial score (nSPS) is 11.4. The van der Waals surface area contributed by atoms with Crippen LogP contribution in [0.5, 0.6) is 0 Å². The van der Waals surface area contributed by atoms with Crippen molar-refractivity contribution in [2.45, 2.75) is 25.7 Å². The molecular formula is C10H17F2N5O. The molecule has 0 unspecified atom stereocenters. The van der Waals surface area contributed by atoms with Crippen LogP contribution in [0.15, 0.2) is 6.07 Å². The van der Waals surface area contributed by atoms with Gasteiger partial charge in [-0.3, -0.25) is 0 Å². The van der Waals surface area contributed by atoms with E-state index in [-0.39, 0.29) is 5.82 Å². The van der Waals surface area contributed by atoms with Gasteiger partial charge in [-0.25, -0.2) is 24.6 Å². The molecule has 18 heavy (non-hydrogen) atoms. The fourth-order valence-electron chi connectivity index (χ4n) is 1.27. The van der Waals surface area contributed by atoms with Crippen LogP contribution in [-0.2, 0) is 6.42 Å². The smallest absolute Gasteiger partial charge is 0.287 e. The van der Waals surface area contributed by atoms with Crippen LogP contribution < -0.4 is 16.6 Å². The van der Waals surface area contributed by atoms with E-state index in [4.69, 9.17) is 10.9 Å². The minimum atomic E-state index is -3.19. The van der Waals surface area contributed by atoms with E-state index < -0.39 is 19.1 Å². The van der Waals surface area contributed by atoms with Crippen molar-refractivity contribution in [3.63, 3.8) is 0 Å². The summed E-state index contributed by atoms with van der Waals surface area (Å²) in [6.45, 7) is 0.0455. The second-order valence-corrected chi connectivity index (χ2v) is 3.82. The van der Waals surface area contributed by atoms with Crippen molar-refractivity contribution in [2.24, 2.45) is 5.84 Å². The standard InChI is InChI=1S/C10H17F2N5O/c1-2-3-7-15-8(4-9(16-7)17-13)14-5-10(11,12)6-18/h4,18H,2-3,5-6,13H2,1H3,(H2,14,15,16,17). The lowest BCUT2D eigenvalue weighted by atomic mass is 10.3. The van der Waals surface area contributed by atoms with E-state index in [2.05, 4.69) is 20.7 Å². The lowest BCUT2D eigenvalue weighted by Crippen LogP contribution is -2.31. The monoisotopic (exact) mass is 261 g/mol. The van der Waals surface area contributed by atoms with Crippen LogP contribution in [0, 0.1) is 0 Å². The molecule has 0 atom stereocenters. The largest absolute Gasteiger partial charge is 0.390 e. The van der Waals surface area contributed by atoms with Crippen molar-refractivity contribution in [1.82, 2.24) is 9.97 Å². The lowest BCUT2D eigenvalue weighted by Gasteiger charge is -2.15. The Balaban J connectivity index is 2.78. The summed E-state index contributed by atoms with van der Waals surface area (Å²) >= 11 is 0. The van der Waals surface area contributed by atoms with E-state index in [1.165, 1.54) is 6.07 Å². The van der Waals surface area contributed by atoms with Gasteiger partial charge in [0, 0.05) is 12.5 Å². The average Bonchev–Trinajstić information content (AvgIpc) is 2.37. The Morgan fingerprint density at radius 3 is 2.61 bits per heavy atom. The van der Waals surface area contributed by atoms with Gasteiger partial charge >= 0.3 is 0 Å². The number of nitrogens with one attached hydrogen (secondary N) is 2. The number of aliphatic hydroxyl groups excluding tert-OH is 1. The third kappa shape index (κ3) is 4.38. The number of anilines is 2. The summed E-state index contributed by atoms with van der Waals surface area (Å²) in [4.78, 5) is 8.16. The van der Waals surface area contributed by atoms with Crippen LogP contribution in [-0.4, -0.2) is 34.1 Å². The third-order valence-corrected chi connectivity index (χ3v) is 2.15. The van der Waals surface area contributed by atoms with Gasteiger partial charge in [-0.15, -0.1) is 0 Å². The van der Waals surface area contributed by atoms with E-state index in [0.29, 0.717) is 18.1 Å². The summed E-state index contributed by atoms with van der Waals surface area (Å²) in [7, 11) is 0. The number of aromatic nitrogens is 2. The number of hydrogen-bond donors (Lipinski definition) is 4. The van der Waals surface area contributed by atoms with Gasteiger partial charge in [0.25, 0.3) is 5.92 Å². The van der Waals surface area contributed by atoms with Crippen LogP contribution >= 0.6 is 0 Å². The summed E-state index contributed by atoms with van der Waals surface area (Å²) in [6.07, 6.45) is 1.46. The molecule has 0 radical (unpaired) electrons. The molecule has 0 aliphatic heterocycles. The number of nitrogens with zero attached hydrogens (tertiary/aromatic N) is 2. The zero-order valence-electron chi connectivity index (χ0n) is 10.1. The van der Waals surface area contributed by atoms with Gasteiger partial charge in [0.2, 0.25) is 0 Å². The van der Waals surface area contributed by atoms with Gasteiger partial charge < -0.3 is 15.8 Å². The molecule has 0 aliphatic rings. The number of hydrazine groups is 1. The van der Waals surface area contributed by atoms with Crippen molar-refractivity contribution < 1.29 is 13.9 Å². The van der Waals surface area contributed by atoms with Crippen molar-refractivity contribution in [1.29, 1.82) is 0 Å². The first-order chi connectivity index (χ1) is 8.50. The van der Waals surface area contributed by atoms with Crippen LogP contribution in [0.4, 0.5) is 20.4 Å². The minimum absolute atomic E-state index is 0.245. The van der Waals surface area contributed by atoms with Crippen LogP contribution in [0.2, 0.25) is 0 Å². The zero-order valence-corrected chi connectivity index (χ0v) is 10.1. The van der Waals surface area contributed by atoms with E-state index in [1.807, 2.05) is 6.92 Å². The molecule has 1 heterocycles. The first-order valence-electron chi connectivity index (χ1n) is 5.58. The number of aliphatic hydroxyl groups is 1. The predicted octanol–water partition coefficient (Wildman–Crippen LogP) is 0.754. The Labute approximate surface area is 104 Å². The summed E-state index contributed by atoms with van der Waals surface area (Å²) in [6, 6.07) is 1.42. The van der Waals surface area contributed by atoms with Gasteiger partial charge in [-0.05, 0) is 6.42 Å². The molecule has 0 amide bonds. The molecular weight excluding hydrogens is 244 g/mol. The topological polar surface area (TPSA) is 96.1 Å². The molecule has 5 N–H and O–H groups in total. The first-order valence-corrected chi connectivity index (χ1v) is 5.58. The Morgan fingerprint density at radius 1 is 1.39 bits per heavy atom. The van der Waals surface area contributed by atoms with Crippen LogP contribution in [0.1, 0.15) is 19.2 Å². The maximum Gasteiger partial charge on any atom is 0.287 e. The minimum Gasteiger partial charge on any atom is -0.390 e. The SMILES string of the molecule is CCCc1nc(NN)cc(NCC(F)(F)CO)n1. The average molecular weight is 261 g/mol. The van der Waals surface area contributed by atoms with Gasteiger partial charge in [0.1, 0.15) is 24.1 Å². The van der Waals surface area contributed by atoms with Gasteiger partial charge in [-0.1, -0.05) is 6.92 Å². The van der Waals surface area contributed by atoms with Gasteiger partial charge in [-0.2, -0.15) is 0 Å². The van der Waals surface area contributed by atoms with Crippen molar-refractivity contribution >= 4 is 11.6 Å². The Kier molecular flexibility index (Phi) is 5.17. The number of hydrogen-bond acceptors (Lipinski definition) is 6. The lowest BCUT2D eigenvalue weighted by molar-refractivity contribution is -0.0373. The zero-order chi connectivity index (χ0) is 13.6. The number of rotatable bonds is 7. The molecule has 102 valence electrons. The van der Waals surface area contributed by atoms with Crippen molar-refractivity contribution in [3.05, 3.63) is 11.9 Å². The highest BCUT2D eigenvalue weighted by molar-refractivity contribution is 5.47. The molecule has 0 aliphatic carbocycles. The van der Waals surface area contributed by atoms with Crippen LogP contribution in [0.3, 0.4) is 0 Å². The van der Waals surface area contributed by atoms with Gasteiger partial charge in [0.05, 0.1) is 6.54 Å². The molecule has 0 saturated heterocycles.